The zero-order valence-electron chi connectivity index (χ0n) is 20.2. The summed E-state index contributed by atoms with van der Waals surface area (Å²) in [6, 6.07) is 14.5. The summed E-state index contributed by atoms with van der Waals surface area (Å²) in [6.07, 6.45) is -9.98. The molecule has 1 saturated heterocycles. The maximum Gasteiger partial charge on any atom is 0.416 e. The topological polar surface area (TPSA) is 35.6 Å². The summed E-state index contributed by atoms with van der Waals surface area (Å²) < 4.78 is 79.4. The number of hydrogen-bond donors (Lipinski definition) is 1. The van der Waals surface area contributed by atoms with Gasteiger partial charge in [0.25, 0.3) is 0 Å². The molecule has 0 saturated carbocycles. The monoisotopic (exact) mass is 525 g/mol. The summed E-state index contributed by atoms with van der Waals surface area (Å²) in [7, 11) is 1.52. The lowest BCUT2D eigenvalue weighted by molar-refractivity contribution is -0.143. The van der Waals surface area contributed by atoms with Crippen molar-refractivity contribution >= 4 is 16.7 Å². The number of piperazine rings is 1. The normalized spacial score (nSPS) is 16.1. The molecule has 1 aliphatic heterocycles. The Morgan fingerprint density at radius 2 is 1.51 bits per heavy atom. The van der Waals surface area contributed by atoms with Gasteiger partial charge in [0.1, 0.15) is 6.04 Å². The number of halogens is 6. The van der Waals surface area contributed by atoms with Crippen LogP contribution in [0.1, 0.15) is 29.7 Å². The van der Waals surface area contributed by atoms with Crippen LogP contribution in [0.3, 0.4) is 0 Å². The summed E-state index contributed by atoms with van der Waals surface area (Å²) in [5, 5.41) is 5.25. The second-order valence-electron chi connectivity index (χ2n) is 9.22. The van der Waals surface area contributed by atoms with E-state index < -0.39 is 29.5 Å². The van der Waals surface area contributed by atoms with Gasteiger partial charge in [-0.25, -0.2) is 0 Å². The molecule has 10 heteroatoms. The first-order valence-corrected chi connectivity index (χ1v) is 11.9. The van der Waals surface area contributed by atoms with Gasteiger partial charge in [0.05, 0.1) is 11.1 Å². The first kappa shape index (κ1) is 26.9. The molecule has 4 rings (SSSR count). The number of nitrogens with zero attached hydrogens (tertiary/aromatic N) is 2. The number of nitrogens with one attached hydrogen (secondary N) is 1. The van der Waals surface area contributed by atoms with Crippen molar-refractivity contribution in [2.75, 3.05) is 39.8 Å². The minimum atomic E-state index is -4.92. The van der Waals surface area contributed by atoms with Crippen LogP contribution < -0.4 is 5.32 Å². The molecule has 0 aromatic heterocycles. The van der Waals surface area contributed by atoms with E-state index in [9.17, 15) is 31.1 Å². The summed E-state index contributed by atoms with van der Waals surface area (Å²) >= 11 is 0. The van der Waals surface area contributed by atoms with Gasteiger partial charge in [0, 0.05) is 41.2 Å². The van der Waals surface area contributed by atoms with Gasteiger partial charge in [-0.3, -0.25) is 9.69 Å². The van der Waals surface area contributed by atoms with Crippen LogP contribution in [-0.4, -0.2) is 55.5 Å². The van der Waals surface area contributed by atoms with Crippen LogP contribution in [-0.2, 0) is 23.6 Å². The molecule has 3 aromatic rings. The molecule has 0 spiro atoms. The molecule has 3 aromatic carbocycles. The number of likely N-dealkylation sites (N-methyl/N-ethyl adjacent to an activating group) is 1. The quantitative estimate of drug-likeness (QED) is 0.415. The molecule has 0 aliphatic carbocycles. The van der Waals surface area contributed by atoms with E-state index in [-0.39, 0.29) is 31.9 Å². The first-order valence-electron chi connectivity index (χ1n) is 11.9. The number of hydrogen-bond acceptors (Lipinski definition) is 3. The van der Waals surface area contributed by atoms with Gasteiger partial charge in [-0.05, 0) is 52.6 Å². The van der Waals surface area contributed by atoms with E-state index in [1.807, 2.05) is 47.4 Å². The third-order valence-electron chi connectivity index (χ3n) is 6.60. The number of alkyl halides is 6. The number of carbonyl (C=O) groups is 1. The molecule has 4 nitrogen and oxygen atoms in total. The van der Waals surface area contributed by atoms with E-state index in [1.165, 1.54) is 11.9 Å². The fourth-order valence-electron chi connectivity index (χ4n) is 4.61. The van der Waals surface area contributed by atoms with Crippen molar-refractivity contribution in [3.63, 3.8) is 0 Å². The van der Waals surface area contributed by atoms with Crippen molar-refractivity contribution in [2.24, 2.45) is 0 Å². The van der Waals surface area contributed by atoms with Crippen molar-refractivity contribution in [3.8, 4) is 0 Å². The Balaban J connectivity index is 0.00000400. The largest absolute Gasteiger partial charge is 0.416 e. The second-order valence-corrected chi connectivity index (χ2v) is 9.22. The maximum absolute atomic E-state index is 13.7. The predicted octanol–water partition coefficient (Wildman–Crippen LogP) is 5.77. The molecule has 200 valence electrons. The lowest BCUT2D eigenvalue weighted by atomic mass is 9.98. The highest BCUT2D eigenvalue weighted by Gasteiger charge is 2.37. The number of benzene rings is 3. The highest BCUT2D eigenvalue weighted by molar-refractivity contribution is 5.87. The van der Waals surface area contributed by atoms with Gasteiger partial charge in [-0.1, -0.05) is 36.4 Å². The smallest absolute Gasteiger partial charge is 0.344 e. The van der Waals surface area contributed by atoms with Crippen molar-refractivity contribution < 1.29 is 32.6 Å². The van der Waals surface area contributed by atoms with Gasteiger partial charge in [0.2, 0.25) is 5.91 Å². The standard InChI is InChI=1S/C27H27F6N3O.H2/c1-35(11-8-18-14-22(26(28,29)30)17-23(15-18)27(31,32)33)25(37)24(36-12-9-34-10-13-36)21-7-6-19-4-2-3-5-20(19)16-21;/h2-7,14-17,24,34H,8-13H2,1H3;1H. The van der Waals surface area contributed by atoms with E-state index in [4.69, 9.17) is 0 Å². The van der Waals surface area contributed by atoms with E-state index >= 15 is 0 Å². The van der Waals surface area contributed by atoms with Gasteiger partial charge in [0.15, 0.2) is 0 Å². The predicted molar refractivity (Wildman–Crippen MR) is 131 cm³/mol. The molecule has 0 radical (unpaired) electrons. The lowest BCUT2D eigenvalue weighted by Crippen LogP contribution is -2.50. The van der Waals surface area contributed by atoms with E-state index in [1.54, 1.807) is 0 Å². The fourth-order valence-corrected chi connectivity index (χ4v) is 4.61. The SMILES string of the molecule is CN(CCc1cc(C(F)(F)F)cc(C(F)(F)F)c1)C(=O)C(c1ccc2ccccc2c1)N1CCNCC1.[HH]. The summed E-state index contributed by atoms with van der Waals surface area (Å²) in [5.74, 6) is -0.264. The van der Waals surface area contributed by atoms with Gasteiger partial charge < -0.3 is 10.2 Å². The zero-order chi connectivity index (χ0) is 26.8. The third-order valence-corrected chi connectivity index (χ3v) is 6.60. The van der Waals surface area contributed by atoms with E-state index in [2.05, 4.69) is 5.32 Å². The molecule has 1 heterocycles. The summed E-state index contributed by atoms with van der Waals surface area (Å²) in [4.78, 5) is 17.1. The number of amides is 1. The van der Waals surface area contributed by atoms with E-state index in [0.717, 1.165) is 16.3 Å². The van der Waals surface area contributed by atoms with Crippen LogP contribution in [0.5, 0.6) is 0 Å². The van der Waals surface area contributed by atoms with Crippen LogP contribution in [0.4, 0.5) is 26.3 Å². The summed E-state index contributed by atoms with van der Waals surface area (Å²) in [6.45, 7) is 2.62. The lowest BCUT2D eigenvalue weighted by Gasteiger charge is -2.36. The number of rotatable bonds is 6. The molecular formula is C27H29F6N3O. The van der Waals surface area contributed by atoms with Gasteiger partial charge in [-0.2, -0.15) is 26.3 Å². The molecular weight excluding hydrogens is 496 g/mol. The Morgan fingerprint density at radius 1 is 0.919 bits per heavy atom. The Bertz CT molecular complexity index is 1230. The van der Waals surface area contributed by atoms with Gasteiger partial charge >= 0.3 is 12.4 Å². The van der Waals surface area contributed by atoms with Crippen molar-refractivity contribution in [2.45, 2.75) is 24.8 Å². The average Bonchev–Trinajstić information content (AvgIpc) is 2.86. The Morgan fingerprint density at radius 3 is 2.11 bits per heavy atom. The van der Waals surface area contributed by atoms with E-state index in [0.29, 0.717) is 38.3 Å². The third kappa shape index (κ3) is 6.42. The second kappa shape index (κ2) is 10.7. The van der Waals surface area contributed by atoms with Crippen LogP contribution in [0.25, 0.3) is 10.8 Å². The van der Waals surface area contributed by atoms with Crippen LogP contribution in [0, 0.1) is 0 Å². The Labute approximate surface area is 212 Å². The summed E-state index contributed by atoms with van der Waals surface area (Å²) in [5.41, 5.74) is -2.07. The van der Waals surface area contributed by atoms with Crippen LogP contribution in [0.15, 0.2) is 60.7 Å². The maximum atomic E-state index is 13.7. The van der Waals surface area contributed by atoms with Crippen LogP contribution >= 0.6 is 0 Å². The molecule has 1 amide bonds. The van der Waals surface area contributed by atoms with Crippen molar-refractivity contribution in [1.29, 1.82) is 0 Å². The fraction of sp³-hybridized carbons (Fsp3) is 0.370. The highest BCUT2D eigenvalue weighted by atomic mass is 19.4. The van der Waals surface area contributed by atoms with Crippen LogP contribution in [0.2, 0.25) is 0 Å². The molecule has 1 atom stereocenters. The minimum Gasteiger partial charge on any atom is -0.344 e. The first-order chi connectivity index (χ1) is 17.4. The highest BCUT2D eigenvalue weighted by Crippen LogP contribution is 2.36. The van der Waals surface area contributed by atoms with Gasteiger partial charge in [-0.15, -0.1) is 0 Å². The average molecular weight is 526 g/mol. The number of fused-ring (bicyclic) bond motifs is 1. The molecule has 1 unspecified atom stereocenters. The zero-order valence-corrected chi connectivity index (χ0v) is 20.2. The number of carbonyl (C=O) groups excluding carboxylic acids is 1. The molecule has 1 aliphatic rings. The molecule has 0 bridgehead atoms. The Hall–Kier alpha value is -3.11. The minimum absolute atomic E-state index is 0. The Kier molecular flexibility index (Phi) is 7.80. The van der Waals surface area contributed by atoms with Crippen molar-refractivity contribution in [3.05, 3.63) is 82.9 Å². The van der Waals surface area contributed by atoms with Crippen molar-refractivity contribution in [1.82, 2.24) is 15.1 Å². The molecule has 1 N–H and O–H groups in total. The molecule has 37 heavy (non-hydrogen) atoms. The molecule has 1 fully saturated rings.